The highest BCUT2D eigenvalue weighted by atomic mass is 16.8. The van der Waals surface area contributed by atoms with Gasteiger partial charge in [-0.1, -0.05) is 30.3 Å². The summed E-state index contributed by atoms with van der Waals surface area (Å²) in [6, 6.07) is 9.30. The minimum absolute atomic E-state index is 0.128. The fourth-order valence-electron chi connectivity index (χ4n) is 2.05. The zero-order valence-corrected chi connectivity index (χ0v) is 13.5. The summed E-state index contributed by atoms with van der Waals surface area (Å²) in [5, 5.41) is 0. The van der Waals surface area contributed by atoms with E-state index in [9.17, 15) is 9.59 Å². The molecule has 1 amide bonds. The highest BCUT2D eigenvalue weighted by molar-refractivity contribution is 6.01. The van der Waals surface area contributed by atoms with E-state index in [-0.39, 0.29) is 6.61 Å². The maximum Gasteiger partial charge on any atom is 0.321 e. The van der Waals surface area contributed by atoms with E-state index in [1.54, 1.807) is 0 Å². The number of hydroxylamine groups is 1. The second kappa shape index (κ2) is 8.08. The lowest BCUT2D eigenvalue weighted by Gasteiger charge is -2.25. The summed E-state index contributed by atoms with van der Waals surface area (Å²) >= 11 is 0. The Balaban J connectivity index is 1.80. The van der Waals surface area contributed by atoms with Gasteiger partial charge in [-0.15, -0.1) is 0 Å². The van der Waals surface area contributed by atoms with Gasteiger partial charge in [0.1, 0.15) is 12.0 Å². The molecule has 0 spiro atoms. The number of amides is 1. The quantitative estimate of drug-likeness (QED) is 0.494. The lowest BCUT2D eigenvalue weighted by Crippen LogP contribution is -2.45. The summed E-state index contributed by atoms with van der Waals surface area (Å²) in [5.74, 6) is -1.16. The van der Waals surface area contributed by atoms with Crippen molar-refractivity contribution in [1.82, 2.24) is 5.48 Å². The molecule has 1 aromatic carbocycles. The minimum atomic E-state index is -1.34. The Kier molecular flexibility index (Phi) is 6.12. The number of ether oxygens (including phenoxy) is 2. The van der Waals surface area contributed by atoms with Crippen LogP contribution in [0.3, 0.4) is 0 Å². The Morgan fingerprint density at radius 3 is 2.65 bits per heavy atom. The number of rotatable bonds is 6. The van der Waals surface area contributed by atoms with Crippen LogP contribution in [0.2, 0.25) is 0 Å². The average molecular weight is 321 g/mol. The molecule has 23 heavy (non-hydrogen) atoms. The summed E-state index contributed by atoms with van der Waals surface area (Å²) in [4.78, 5) is 29.5. The molecule has 0 aliphatic carbocycles. The average Bonchev–Trinajstić information content (AvgIpc) is 2.59. The maximum absolute atomic E-state index is 12.2. The molecule has 6 heteroatoms. The summed E-state index contributed by atoms with van der Waals surface area (Å²) in [6.07, 6.45) is 2.25. The molecule has 1 aliphatic rings. The summed E-state index contributed by atoms with van der Waals surface area (Å²) < 4.78 is 10.6. The molecule has 6 nitrogen and oxygen atoms in total. The normalized spacial score (nSPS) is 18.3. The third kappa shape index (κ3) is 5.04. The second-order valence-electron chi connectivity index (χ2n) is 6.03. The van der Waals surface area contributed by atoms with Crippen LogP contribution in [-0.4, -0.2) is 24.8 Å². The Hall–Kier alpha value is -1.92. The molecule has 126 valence electrons. The van der Waals surface area contributed by atoms with Crippen LogP contribution in [-0.2, 0) is 30.5 Å². The van der Waals surface area contributed by atoms with Crippen LogP contribution >= 0.6 is 0 Å². The number of hydrogen-bond acceptors (Lipinski definition) is 5. The molecule has 1 unspecified atom stereocenters. The van der Waals surface area contributed by atoms with E-state index >= 15 is 0 Å². The van der Waals surface area contributed by atoms with Gasteiger partial charge < -0.3 is 9.47 Å². The molecule has 0 saturated carbocycles. The number of nitrogens with one attached hydrogen (secondary N) is 1. The molecule has 1 fully saturated rings. The summed E-state index contributed by atoms with van der Waals surface area (Å²) in [6.45, 7) is 3.74. The van der Waals surface area contributed by atoms with Gasteiger partial charge in [0.15, 0.2) is 6.29 Å². The lowest BCUT2D eigenvalue weighted by atomic mass is 9.93. The number of carbonyl (C=O) groups is 2. The van der Waals surface area contributed by atoms with E-state index in [1.807, 2.05) is 30.3 Å². The van der Waals surface area contributed by atoms with Crippen LogP contribution < -0.4 is 5.48 Å². The van der Waals surface area contributed by atoms with Gasteiger partial charge in [-0.25, -0.2) is 10.3 Å². The first-order chi connectivity index (χ1) is 11.0. The van der Waals surface area contributed by atoms with Gasteiger partial charge >= 0.3 is 5.97 Å². The van der Waals surface area contributed by atoms with Crippen LogP contribution in [0, 0.1) is 5.41 Å². The third-order valence-electron chi connectivity index (χ3n) is 3.71. The lowest BCUT2D eigenvalue weighted by molar-refractivity contribution is -0.205. The van der Waals surface area contributed by atoms with E-state index < -0.39 is 23.6 Å². The molecule has 1 N–H and O–H groups in total. The highest BCUT2D eigenvalue weighted by Gasteiger charge is 2.38. The van der Waals surface area contributed by atoms with E-state index in [4.69, 9.17) is 14.3 Å². The molecular formula is C17H23NO5. The van der Waals surface area contributed by atoms with E-state index in [2.05, 4.69) is 5.48 Å². The van der Waals surface area contributed by atoms with Gasteiger partial charge in [0, 0.05) is 13.0 Å². The number of esters is 1. The first kappa shape index (κ1) is 17.4. The Labute approximate surface area is 136 Å². The zero-order chi connectivity index (χ0) is 16.7. The van der Waals surface area contributed by atoms with Crippen LogP contribution in [0.25, 0.3) is 0 Å². The maximum atomic E-state index is 12.2. The summed E-state index contributed by atoms with van der Waals surface area (Å²) in [5.41, 5.74) is 1.83. The zero-order valence-electron chi connectivity index (χ0n) is 13.5. The Morgan fingerprint density at radius 2 is 2.00 bits per heavy atom. The van der Waals surface area contributed by atoms with E-state index in [1.165, 1.54) is 13.8 Å². The molecule has 0 aromatic heterocycles. The predicted molar refractivity (Wildman–Crippen MR) is 82.8 cm³/mol. The molecule has 2 rings (SSSR count). The number of carbonyl (C=O) groups excluding carboxylic acids is 2. The molecule has 0 bridgehead atoms. The third-order valence-corrected chi connectivity index (χ3v) is 3.71. The van der Waals surface area contributed by atoms with Crippen LogP contribution in [0.1, 0.15) is 38.7 Å². The molecule has 1 aromatic rings. The Morgan fingerprint density at radius 1 is 1.26 bits per heavy atom. The summed E-state index contributed by atoms with van der Waals surface area (Å²) in [7, 11) is 0. The van der Waals surface area contributed by atoms with Crippen molar-refractivity contribution < 1.29 is 23.9 Å². The largest absolute Gasteiger partial charge is 0.460 e. The smallest absolute Gasteiger partial charge is 0.321 e. The highest BCUT2D eigenvalue weighted by Crippen LogP contribution is 2.20. The Bertz CT molecular complexity index is 523. The topological polar surface area (TPSA) is 73.9 Å². The minimum Gasteiger partial charge on any atom is -0.460 e. The van der Waals surface area contributed by atoms with Crippen molar-refractivity contribution >= 4 is 11.9 Å². The van der Waals surface area contributed by atoms with Crippen molar-refractivity contribution in [3.8, 4) is 0 Å². The molecule has 1 aliphatic heterocycles. The van der Waals surface area contributed by atoms with Crippen molar-refractivity contribution in [3.05, 3.63) is 35.9 Å². The monoisotopic (exact) mass is 321 g/mol. The fourth-order valence-corrected chi connectivity index (χ4v) is 2.05. The van der Waals surface area contributed by atoms with Crippen molar-refractivity contribution in [2.24, 2.45) is 5.41 Å². The molecule has 0 radical (unpaired) electrons. The van der Waals surface area contributed by atoms with Gasteiger partial charge in [0.2, 0.25) is 0 Å². The van der Waals surface area contributed by atoms with E-state index in [0.717, 1.165) is 24.8 Å². The van der Waals surface area contributed by atoms with Crippen molar-refractivity contribution in [3.63, 3.8) is 0 Å². The molecule has 1 saturated heterocycles. The molecule has 1 atom stereocenters. The van der Waals surface area contributed by atoms with E-state index in [0.29, 0.717) is 6.61 Å². The number of hydrogen-bond donors (Lipinski definition) is 1. The first-order valence-corrected chi connectivity index (χ1v) is 7.79. The van der Waals surface area contributed by atoms with Crippen molar-refractivity contribution in [2.45, 2.75) is 46.0 Å². The molecule has 1 heterocycles. The first-order valence-electron chi connectivity index (χ1n) is 7.79. The predicted octanol–water partition coefficient (Wildman–Crippen LogP) is 2.33. The van der Waals surface area contributed by atoms with Gasteiger partial charge in [0.25, 0.3) is 5.91 Å². The van der Waals surface area contributed by atoms with Gasteiger partial charge in [-0.3, -0.25) is 9.59 Å². The van der Waals surface area contributed by atoms with Crippen LogP contribution in [0.15, 0.2) is 30.3 Å². The molecular weight excluding hydrogens is 298 g/mol. The number of benzene rings is 1. The van der Waals surface area contributed by atoms with Crippen molar-refractivity contribution in [2.75, 3.05) is 6.61 Å². The van der Waals surface area contributed by atoms with Gasteiger partial charge in [-0.2, -0.15) is 0 Å². The SMILES string of the molecule is CC(C)(C(=O)NOC1CCCCO1)C(=O)OCc1ccccc1. The fraction of sp³-hybridized carbons (Fsp3) is 0.529. The standard InChI is InChI=1S/C17H23NO5/c1-17(2,15(19)18-23-14-10-6-7-11-21-14)16(20)22-12-13-8-4-3-5-9-13/h3-5,8-9,14H,6-7,10-12H2,1-2H3,(H,18,19). The van der Waals surface area contributed by atoms with Gasteiger partial charge in [0.05, 0.1) is 0 Å². The van der Waals surface area contributed by atoms with Crippen molar-refractivity contribution in [1.29, 1.82) is 0 Å². The van der Waals surface area contributed by atoms with Crippen LogP contribution in [0.5, 0.6) is 0 Å². The van der Waals surface area contributed by atoms with Crippen LogP contribution in [0.4, 0.5) is 0 Å². The second-order valence-corrected chi connectivity index (χ2v) is 6.03. The van der Waals surface area contributed by atoms with Gasteiger partial charge in [-0.05, 0) is 32.3 Å².